The van der Waals surface area contributed by atoms with E-state index in [0.717, 1.165) is 42.0 Å². The lowest BCUT2D eigenvalue weighted by Crippen LogP contribution is -2.28. The number of likely N-dealkylation sites (tertiary alicyclic amines) is 1. The first-order valence-corrected chi connectivity index (χ1v) is 8.89. The Labute approximate surface area is 153 Å². The molecule has 0 bridgehead atoms. The highest BCUT2D eigenvalue weighted by Crippen LogP contribution is 2.39. The summed E-state index contributed by atoms with van der Waals surface area (Å²) in [6.07, 6.45) is 1.62. The van der Waals surface area contributed by atoms with Gasteiger partial charge >= 0.3 is 0 Å². The lowest BCUT2D eigenvalue weighted by molar-refractivity contribution is 0.105. The van der Waals surface area contributed by atoms with Gasteiger partial charge in [0.15, 0.2) is 0 Å². The van der Waals surface area contributed by atoms with Crippen LogP contribution in [0.25, 0.3) is 0 Å². The van der Waals surface area contributed by atoms with E-state index in [-0.39, 0.29) is 6.04 Å². The van der Waals surface area contributed by atoms with Gasteiger partial charge in [-0.2, -0.15) is 0 Å². The topological polar surface area (TPSA) is 41.9 Å². The highest BCUT2D eigenvalue weighted by atomic mass is 35.5. The zero-order chi connectivity index (χ0) is 17.8. The monoisotopic (exact) mass is 361 g/mol. The molecule has 0 aromatic heterocycles. The zero-order valence-electron chi connectivity index (χ0n) is 14.6. The van der Waals surface area contributed by atoms with Crippen molar-refractivity contribution >= 4 is 11.6 Å². The lowest BCUT2D eigenvalue weighted by Gasteiger charge is -2.28. The van der Waals surface area contributed by atoms with Crippen LogP contribution in [0.15, 0.2) is 42.5 Å². The van der Waals surface area contributed by atoms with Crippen molar-refractivity contribution in [1.82, 2.24) is 4.90 Å². The summed E-state index contributed by atoms with van der Waals surface area (Å²) >= 11 is 5.93. The number of aliphatic hydroxyl groups excluding tert-OH is 1. The average Bonchev–Trinajstić information content (AvgIpc) is 3.09. The molecule has 1 fully saturated rings. The van der Waals surface area contributed by atoms with Crippen molar-refractivity contribution in [3.8, 4) is 11.5 Å². The maximum atomic E-state index is 10.6. The van der Waals surface area contributed by atoms with Gasteiger partial charge in [0.2, 0.25) is 0 Å². The average molecular weight is 362 g/mol. The van der Waals surface area contributed by atoms with Gasteiger partial charge in [0, 0.05) is 29.2 Å². The normalized spacial score (nSPS) is 19.0. The molecule has 1 N–H and O–H groups in total. The van der Waals surface area contributed by atoms with Gasteiger partial charge in [-0.05, 0) is 43.1 Å². The first kappa shape index (κ1) is 18.1. The Balaban J connectivity index is 1.77. The van der Waals surface area contributed by atoms with Crippen LogP contribution in [0.2, 0.25) is 5.02 Å². The van der Waals surface area contributed by atoms with Gasteiger partial charge in [0.1, 0.15) is 11.5 Å². The van der Waals surface area contributed by atoms with E-state index in [1.165, 1.54) is 0 Å². The molecule has 0 saturated carbocycles. The molecule has 0 aliphatic carbocycles. The maximum absolute atomic E-state index is 10.6. The van der Waals surface area contributed by atoms with Gasteiger partial charge in [-0.25, -0.2) is 0 Å². The lowest BCUT2D eigenvalue weighted by atomic mass is 10.0. The van der Waals surface area contributed by atoms with E-state index in [1.807, 2.05) is 36.4 Å². The van der Waals surface area contributed by atoms with Crippen molar-refractivity contribution in [3.05, 3.63) is 58.6 Å². The molecule has 1 saturated heterocycles. The first-order chi connectivity index (χ1) is 12.1. The van der Waals surface area contributed by atoms with Crippen LogP contribution in [0.1, 0.15) is 36.1 Å². The van der Waals surface area contributed by atoms with Gasteiger partial charge in [-0.3, -0.25) is 4.90 Å². The van der Waals surface area contributed by atoms with Gasteiger partial charge in [0.25, 0.3) is 0 Å². The molecule has 0 radical (unpaired) electrons. The van der Waals surface area contributed by atoms with Crippen molar-refractivity contribution in [2.75, 3.05) is 27.3 Å². The minimum absolute atomic E-state index is 0.239. The summed E-state index contributed by atoms with van der Waals surface area (Å²) in [5.74, 6) is 1.61. The highest BCUT2D eigenvalue weighted by molar-refractivity contribution is 6.30. The molecule has 1 aliphatic rings. The Kier molecular flexibility index (Phi) is 5.84. The maximum Gasteiger partial charge on any atom is 0.127 e. The predicted octanol–water partition coefficient (Wildman–Crippen LogP) is 4.23. The molecule has 25 heavy (non-hydrogen) atoms. The summed E-state index contributed by atoms with van der Waals surface area (Å²) < 4.78 is 10.9. The number of rotatable bonds is 6. The standard InChI is InChI=1S/C20H24ClNO3/c1-24-16-9-10-17(20(12-16)25-2)18-4-3-11-22(18)13-19(23)14-5-7-15(21)8-6-14/h5-10,12,18-19,23H,3-4,11,13H2,1-2H3/t18-,19-/m1/s1. The summed E-state index contributed by atoms with van der Waals surface area (Å²) in [6.45, 7) is 1.55. The van der Waals surface area contributed by atoms with Crippen LogP contribution in [0.3, 0.4) is 0 Å². The summed E-state index contributed by atoms with van der Waals surface area (Å²) in [5.41, 5.74) is 2.03. The third kappa shape index (κ3) is 4.09. The Morgan fingerprint density at radius 1 is 1.16 bits per heavy atom. The van der Waals surface area contributed by atoms with Crippen LogP contribution in [0, 0.1) is 0 Å². The van der Waals surface area contributed by atoms with Crippen LogP contribution in [-0.4, -0.2) is 37.3 Å². The quantitative estimate of drug-likeness (QED) is 0.836. The van der Waals surface area contributed by atoms with Crippen LogP contribution >= 0.6 is 11.6 Å². The zero-order valence-corrected chi connectivity index (χ0v) is 15.4. The fraction of sp³-hybridized carbons (Fsp3) is 0.400. The number of aliphatic hydroxyl groups is 1. The van der Waals surface area contributed by atoms with Crippen LogP contribution in [0.4, 0.5) is 0 Å². The molecule has 4 nitrogen and oxygen atoms in total. The Hall–Kier alpha value is -1.75. The number of benzene rings is 2. The third-order valence-corrected chi connectivity index (χ3v) is 5.08. The summed E-state index contributed by atoms with van der Waals surface area (Å²) in [6, 6.07) is 13.6. The summed E-state index contributed by atoms with van der Waals surface area (Å²) in [5, 5.41) is 11.3. The van der Waals surface area contributed by atoms with Gasteiger partial charge in [-0.1, -0.05) is 29.8 Å². The van der Waals surface area contributed by atoms with Gasteiger partial charge < -0.3 is 14.6 Å². The van der Waals surface area contributed by atoms with Gasteiger partial charge in [0.05, 0.1) is 20.3 Å². The van der Waals surface area contributed by atoms with Crippen LogP contribution < -0.4 is 9.47 Å². The molecular formula is C20H24ClNO3. The second kappa shape index (κ2) is 8.09. The third-order valence-electron chi connectivity index (χ3n) is 4.83. The van der Waals surface area contributed by atoms with E-state index in [0.29, 0.717) is 11.6 Å². The van der Waals surface area contributed by atoms with Crippen molar-refractivity contribution in [2.45, 2.75) is 25.0 Å². The number of halogens is 1. The molecule has 0 spiro atoms. The molecular weight excluding hydrogens is 338 g/mol. The fourth-order valence-corrected chi connectivity index (χ4v) is 3.63. The second-order valence-corrected chi connectivity index (χ2v) is 6.76. The van der Waals surface area contributed by atoms with Crippen LogP contribution in [-0.2, 0) is 0 Å². The minimum atomic E-state index is -0.540. The van der Waals surface area contributed by atoms with E-state index in [2.05, 4.69) is 11.0 Å². The second-order valence-electron chi connectivity index (χ2n) is 6.33. The Morgan fingerprint density at radius 3 is 2.60 bits per heavy atom. The molecule has 1 heterocycles. The van der Waals surface area contributed by atoms with Crippen molar-refractivity contribution in [1.29, 1.82) is 0 Å². The molecule has 3 rings (SSSR count). The molecule has 0 amide bonds. The van der Waals surface area contributed by atoms with Crippen molar-refractivity contribution < 1.29 is 14.6 Å². The van der Waals surface area contributed by atoms with E-state index < -0.39 is 6.10 Å². The van der Waals surface area contributed by atoms with Crippen molar-refractivity contribution in [3.63, 3.8) is 0 Å². The molecule has 2 aromatic rings. The molecule has 2 aromatic carbocycles. The number of methoxy groups -OCH3 is 2. The SMILES string of the molecule is COc1ccc([C@H]2CCCN2C[C@@H](O)c2ccc(Cl)cc2)c(OC)c1. The highest BCUT2D eigenvalue weighted by Gasteiger charge is 2.30. The number of ether oxygens (including phenoxy) is 2. The number of hydrogen-bond donors (Lipinski definition) is 1. The molecule has 2 atom stereocenters. The first-order valence-electron chi connectivity index (χ1n) is 8.52. The van der Waals surface area contributed by atoms with E-state index in [4.69, 9.17) is 21.1 Å². The fourth-order valence-electron chi connectivity index (χ4n) is 3.50. The Morgan fingerprint density at radius 2 is 1.92 bits per heavy atom. The summed E-state index contributed by atoms with van der Waals surface area (Å²) in [4.78, 5) is 2.32. The molecule has 0 unspecified atom stereocenters. The molecule has 1 aliphatic heterocycles. The van der Waals surface area contributed by atoms with Crippen molar-refractivity contribution in [2.24, 2.45) is 0 Å². The number of nitrogens with zero attached hydrogens (tertiary/aromatic N) is 1. The molecule has 134 valence electrons. The molecule has 5 heteroatoms. The van der Waals surface area contributed by atoms with Crippen LogP contribution in [0.5, 0.6) is 11.5 Å². The largest absolute Gasteiger partial charge is 0.497 e. The smallest absolute Gasteiger partial charge is 0.127 e. The van der Waals surface area contributed by atoms with Gasteiger partial charge in [-0.15, -0.1) is 0 Å². The summed E-state index contributed by atoms with van der Waals surface area (Å²) in [7, 11) is 3.33. The van der Waals surface area contributed by atoms with E-state index in [9.17, 15) is 5.11 Å². The number of hydrogen-bond acceptors (Lipinski definition) is 4. The minimum Gasteiger partial charge on any atom is -0.497 e. The number of β-amino-alcohol motifs (C(OH)–C–C–N with tert-alkyl or cyclic N) is 1. The van der Waals surface area contributed by atoms with E-state index >= 15 is 0 Å². The Bertz CT molecular complexity index is 705. The predicted molar refractivity (Wildman–Crippen MR) is 99.5 cm³/mol. The van der Waals surface area contributed by atoms with E-state index in [1.54, 1.807) is 14.2 Å².